The molecule has 0 aliphatic carbocycles. The number of fused-ring (bicyclic) bond motifs is 1. The highest BCUT2D eigenvalue weighted by Crippen LogP contribution is 2.19. The molecule has 0 saturated heterocycles. The monoisotopic (exact) mass is 271 g/mol. The molecule has 104 valence electrons. The van der Waals surface area contributed by atoms with Crippen LogP contribution in [0.3, 0.4) is 0 Å². The molecule has 3 N–H and O–H groups in total. The van der Waals surface area contributed by atoms with Crippen LogP contribution in [-0.2, 0) is 11.2 Å². The van der Waals surface area contributed by atoms with Crippen LogP contribution >= 0.6 is 0 Å². The van der Waals surface area contributed by atoms with E-state index in [1.807, 2.05) is 28.8 Å². The van der Waals surface area contributed by atoms with Gasteiger partial charge in [0.15, 0.2) is 0 Å². The maximum Gasteiger partial charge on any atom is 0.240 e. The Kier molecular flexibility index (Phi) is 3.47. The Morgan fingerprint density at radius 1 is 1.30 bits per heavy atom. The van der Waals surface area contributed by atoms with Crippen LogP contribution in [-0.4, -0.2) is 27.8 Å². The number of rotatable bonds is 3. The lowest BCUT2D eigenvalue weighted by atomic mass is 10.2. The third kappa shape index (κ3) is 2.30. The number of hydrogen-bond acceptors (Lipinski definition) is 4. The molecule has 1 amide bonds. The Bertz CT molecular complexity index is 673. The summed E-state index contributed by atoms with van der Waals surface area (Å²) in [6.45, 7) is 0.631. The Morgan fingerprint density at radius 3 is 2.90 bits per heavy atom. The summed E-state index contributed by atoms with van der Waals surface area (Å²) < 4.78 is 2.05. The number of para-hydroxylation sites is 2. The largest absolute Gasteiger partial charge is 0.330 e. The third-order valence-corrected chi connectivity index (χ3v) is 3.38. The van der Waals surface area contributed by atoms with Gasteiger partial charge in [-0.25, -0.2) is 10.4 Å². The SMILES string of the molecule is NCCCc1nc2ccccc2n1C1=NNC(=O)CC1. The van der Waals surface area contributed by atoms with Crippen molar-refractivity contribution in [2.45, 2.75) is 25.7 Å². The normalized spacial score (nSPS) is 15.2. The van der Waals surface area contributed by atoms with Gasteiger partial charge in [0, 0.05) is 19.3 Å². The first-order valence-corrected chi connectivity index (χ1v) is 6.82. The zero-order chi connectivity index (χ0) is 13.9. The van der Waals surface area contributed by atoms with Gasteiger partial charge in [-0.05, 0) is 25.1 Å². The summed E-state index contributed by atoms with van der Waals surface area (Å²) in [4.78, 5) is 15.9. The molecule has 0 atom stereocenters. The van der Waals surface area contributed by atoms with E-state index in [0.717, 1.165) is 35.5 Å². The minimum atomic E-state index is -0.0401. The first-order chi connectivity index (χ1) is 9.79. The number of hydrogen-bond donors (Lipinski definition) is 2. The van der Waals surface area contributed by atoms with Gasteiger partial charge in [0.05, 0.1) is 11.0 Å². The molecule has 1 aromatic carbocycles. The first-order valence-electron chi connectivity index (χ1n) is 6.82. The number of amides is 1. The number of carbonyl (C=O) groups excluding carboxylic acids is 1. The van der Waals surface area contributed by atoms with E-state index in [2.05, 4.69) is 15.5 Å². The fourth-order valence-electron chi connectivity index (χ4n) is 2.42. The van der Waals surface area contributed by atoms with Crippen LogP contribution < -0.4 is 11.2 Å². The number of nitrogens with two attached hydrogens (primary N) is 1. The maximum atomic E-state index is 11.2. The van der Waals surface area contributed by atoms with Gasteiger partial charge in [0.2, 0.25) is 5.91 Å². The molecule has 3 rings (SSSR count). The van der Waals surface area contributed by atoms with Gasteiger partial charge in [0.25, 0.3) is 0 Å². The molecule has 0 spiro atoms. The fraction of sp³-hybridized carbons (Fsp3) is 0.357. The standard InChI is InChI=1S/C14H17N5O/c15-9-3-6-12-16-10-4-1-2-5-11(10)19(12)13-7-8-14(20)18-17-13/h1-2,4-5H,3,6-9,15H2,(H,18,20). The number of imidazole rings is 1. The van der Waals surface area contributed by atoms with E-state index in [4.69, 9.17) is 5.73 Å². The number of aromatic nitrogens is 2. The second-order valence-electron chi connectivity index (χ2n) is 4.81. The highest BCUT2D eigenvalue weighted by molar-refractivity contribution is 5.98. The Balaban J connectivity index is 2.08. The van der Waals surface area contributed by atoms with E-state index >= 15 is 0 Å². The van der Waals surface area contributed by atoms with Crippen LogP contribution in [0.25, 0.3) is 11.0 Å². The van der Waals surface area contributed by atoms with Crippen molar-refractivity contribution < 1.29 is 4.79 Å². The topological polar surface area (TPSA) is 85.3 Å². The van der Waals surface area contributed by atoms with Crippen LogP contribution in [0.5, 0.6) is 0 Å². The van der Waals surface area contributed by atoms with Gasteiger partial charge in [-0.2, -0.15) is 5.10 Å². The summed E-state index contributed by atoms with van der Waals surface area (Å²) in [5.41, 5.74) is 10.1. The number of aryl methyl sites for hydroxylation is 1. The van der Waals surface area contributed by atoms with Crippen LogP contribution in [0, 0.1) is 0 Å². The van der Waals surface area contributed by atoms with Crippen LogP contribution in [0.1, 0.15) is 25.1 Å². The van der Waals surface area contributed by atoms with Gasteiger partial charge in [-0.15, -0.1) is 0 Å². The van der Waals surface area contributed by atoms with E-state index in [1.165, 1.54) is 0 Å². The number of nitrogens with zero attached hydrogens (tertiary/aromatic N) is 3. The molecule has 1 aliphatic heterocycles. The molecule has 1 aromatic heterocycles. The average Bonchev–Trinajstić information content (AvgIpc) is 2.84. The summed E-state index contributed by atoms with van der Waals surface area (Å²) in [7, 11) is 0. The summed E-state index contributed by atoms with van der Waals surface area (Å²) in [6, 6.07) is 7.96. The molecule has 20 heavy (non-hydrogen) atoms. The number of nitrogens with one attached hydrogen (secondary N) is 1. The Labute approximate surface area is 116 Å². The quantitative estimate of drug-likeness (QED) is 0.873. The van der Waals surface area contributed by atoms with Gasteiger partial charge in [-0.1, -0.05) is 12.1 Å². The van der Waals surface area contributed by atoms with Gasteiger partial charge in [0.1, 0.15) is 11.7 Å². The van der Waals surface area contributed by atoms with Crippen molar-refractivity contribution in [2.24, 2.45) is 10.8 Å². The van der Waals surface area contributed by atoms with Gasteiger partial charge in [-0.3, -0.25) is 9.36 Å². The lowest BCUT2D eigenvalue weighted by Crippen LogP contribution is -2.30. The molecule has 0 saturated carbocycles. The highest BCUT2D eigenvalue weighted by atomic mass is 16.2. The lowest BCUT2D eigenvalue weighted by molar-refractivity contribution is -0.121. The average molecular weight is 271 g/mol. The Hall–Kier alpha value is -2.21. The molecule has 6 heteroatoms. The van der Waals surface area contributed by atoms with Crippen molar-refractivity contribution >= 4 is 22.8 Å². The summed E-state index contributed by atoms with van der Waals surface area (Å²) in [5.74, 6) is 1.75. The molecule has 2 aromatic rings. The summed E-state index contributed by atoms with van der Waals surface area (Å²) in [5, 5.41) is 4.18. The maximum absolute atomic E-state index is 11.2. The van der Waals surface area contributed by atoms with E-state index in [1.54, 1.807) is 0 Å². The van der Waals surface area contributed by atoms with Crippen molar-refractivity contribution in [1.29, 1.82) is 0 Å². The predicted octanol–water partition coefficient (Wildman–Crippen LogP) is 0.999. The van der Waals surface area contributed by atoms with Crippen molar-refractivity contribution in [3.63, 3.8) is 0 Å². The molecular weight excluding hydrogens is 254 g/mol. The highest BCUT2D eigenvalue weighted by Gasteiger charge is 2.18. The molecular formula is C14H17N5O. The van der Waals surface area contributed by atoms with Crippen molar-refractivity contribution in [1.82, 2.24) is 15.0 Å². The molecule has 0 fully saturated rings. The molecule has 0 radical (unpaired) electrons. The smallest absolute Gasteiger partial charge is 0.240 e. The Morgan fingerprint density at radius 2 is 2.15 bits per heavy atom. The zero-order valence-electron chi connectivity index (χ0n) is 11.2. The third-order valence-electron chi connectivity index (χ3n) is 3.38. The van der Waals surface area contributed by atoms with Crippen molar-refractivity contribution in [3.05, 3.63) is 30.1 Å². The number of hydrazone groups is 1. The molecule has 6 nitrogen and oxygen atoms in total. The van der Waals surface area contributed by atoms with E-state index in [9.17, 15) is 4.79 Å². The second kappa shape index (κ2) is 5.42. The van der Waals surface area contributed by atoms with Gasteiger partial charge < -0.3 is 5.73 Å². The minimum absolute atomic E-state index is 0.0401. The van der Waals surface area contributed by atoms with Crippen molar-refractivity contribution in [3.8, 4) is 0 Å². The zero-order valence-corrected chi connectivity index (χ0v) is 11.2. The van der Waals surface area contributed by atoms with Gasteiger partial charge >= 0.3 is 0 Å². The summed E-state index contributed by atoms with van der Waals surface area (Å²) >= 11 is 0. The summed E-state index contributed by atoms with van der Waals surface area (Å²) in [6.07, 6.45) is 2.77. The van der Waals surface area contributed by atoms with Crippen LogP contribution in [0.4, 0.5) is 0 Å². The predicted molar refractivity (Wildman–Crippen MR) is 77.3 cm³/mol. The minimum Gasteiger partial charge on any atom is -0.330 e. The van der Waals surface area contributed by atoms with E-state index in [0.29, 0.717) is 19.4 Å². The van der Waals surface area contributed by atoms with Crippen LogP contribution in [0.15, 0.2) is 29.4 Å². The molecule has 2 heterocycles. The van der Waals surface area contributed by atoms with Crippen LogP contribution in [0.2, 0.25) is 0 Å². The van der Waals surface area contributed by atoms with E-state index < -0.39 is 0 Å². The number of benzene rings is 1. The molecule has 0 bridgehead atoms. The second-order valence-corrected chi connectivity index (χ2v) is 4.81. The molecule has 1 aliphatic rings. The first kappa shape index (κ1) is 12.8. The number of carbonyl (C=O) groups is 1. The molecule has 0 unspecified atom stereocenters. The lowest BCUT2D eigenvalue weighted by Gasteiger charge is -2.15. The fourth-order valence-corrected chi connectivity index (χ4v) is 2.42. The van der Waals surface area contributed by atoms with Crippen molar-refractivity contribution in [2.75, 3.05) is 6.54 Å². The van der Waals surface area contributed by atoms with E-state index in [-0.39, 0.29) is 5.91 Å².